The molecule has 28 heavy (non-hydrogen) atoms. The molecule has 1 saturated heterocycles. The summed E-state index contributed by atoms with van der Waals surface area (Å²) in [5, 5.41) is 7.46. The van der Waals surface area contributed by atoms with Crippen molar-refractivity contribution in [2.75, 3.05) is 38.2 Å². The molecule has 1 N–H and O–H groups in total. The molecule has 3 rings (SSSR count). The Morgan fingerprint density at radius 2 is 2.14 bits per heavy atom. The third-order valence-electron chi connectivity index (χ3n) is 4.57. The van der Waals surface area contributed by atoms with Crippen LogP contribution in [0, 0.1) is 0 Å². The van der Waals surface area contributed by atoms with Crippen LogP contribution in [0.25, 0.3) is 0 Å². The summed E-state index contributed by atoms with van der Waals surface area (Å²) in [5.74, 6) is 0.811. The number of piperazine rings is 1. The average Bonchev–Trinajstić information content (AvgIpc) is 3.11. The third kappa shape index (κ3) is 4.89. The van der Waals surface area contributed by atoms with E-state index in [2.05, 4.69) is 22.5 Å². The summed E-state index contributed by atoms with van der Waals surface area (Å²) in [7, 11) is 3.54. The van der Waals surface area contributed by atoms with E-state index in [1.54, 1.807) is 22.9 Å². The average molecular weight is 384 g/mol. The molecule has 1 aromatic carbocycles. The quantitative estimate of drug-likeness (QED) is 0.602. The maximum Gasteiger partial charge on any atom is 0.246 e. The maximum absolute atomic E-state index is 12.7. The number of hydrogen-bond acceptors (Lipinski definition) is 4. The van der Waals surface area contributed by atoms with E-state index in [1.165, 1.54) is 0 Å². The Labute approximate surface area is 165 Å². The second-order valence-electron chi connectivity index (χ2n) is 6.76. The number of hydrogen-bond donors (Lipinski definition) is 1. The molecular formula is C20H28N6O2. The monoisotopic (exact) mass is 384 g/mol. The number of amides is 1. The van der Waals surface area contributed by atoms with Gasteiger partial charge in [0, 0.05) is 40.0 Å². The van der Waals surface area contributed by atoms with E-state index in [0.717, 1.165) is 35.9 Å². The van der Waals surface area contributed by atoms with Crippen LogP contribution in [-0.4, -0.2) is 59.8 Å². The molecule has 0 atom stereocenters. The Balaban J connectivity index is 1.67. The molecule has 0 unspecified atom stereocenters. The van der Waals surface area contributed by atoms with Crippen molar-refractivity contribution >= 4 is 17.6 Å². The summed E-state index contributed by atoms with van der Waals surface area (Å²) >= 11 is 0. The normalized spacial score (nSPS) is 15.2. The molecule has 0 radical (unpaired) electrons. The first-order chi connectivity index (χ1) is 13.6. The smallest absolute Gasteiger partial charge is 0.246 e. The Bertz CT molecular complexity index is 832. The minimum Gasteiger partial charge on any atom is -0.380 e. The number of carbonyl (C=O) groups is 1. The van der Waals surface area contributed by atoms with Gasteiger partial charge in [0.2, 0.25) is 5.91 Å². The standard InChI is InChI=1S/C20H28N6O2/c1-4-21-20(22-11-16-6-5-7-17(10-16)15-28-3)25-8-9-26(19(27)14-25)18-12-23-24(2)13-18/h5-7,10,12-13H,4,8-9,11,14-15H2,1-3H3,(H,21,22). The van der Waals surface area contributed by atoms with Crippen molar-refractivity contribution in [1.82, 2.24) is 20.0 Å². The predicted octanol–water partition coefficient (Wildman–Crippen LogP) is 1.38. The molecule has 2 aromatic rings. The van der Waals surface area contributed by atoms with Crippen LogP contribution in [0.1, 0.15) is 18.1 Å². The second-order valence-corrected chi connectivity index (χ2v) is 6.76. The lowest BCUT2D eigenvalue weighted by atomic mass is 10.1. The fourth-order valence-electron chi connectivity index (χ4n) is 3.25. The van der Waals surface area contributed by atoms with Gasteiger partial charge in [-0.05, 0) is 18.1 Å². The number of aryl methyl sites for hydroxylation is 1. The van der Waals surface area contributed by atoms with Gasteiger partial charge in [0.15, 0.2) is 5.96 Å². The predicted molar refractivity (Wildman–Crippen MR) is 109 cm³/mol. The Hall–Kier alpha value is -2.87. The summed E-state index contributed by atoms with van der Waals surface area (Å²) in [6, 6.07) is 8.21. The number of nitrogens with zero attached hydrogens (tertiary/aromatic N) is 5. The van der Waals surface area contributed by atoms with Crippen LogP contribution in [0.2, 0.25) is 0 Å². The summed E-state index contributed by atoms with van der Waals surface area (Å²) in [4.78, 5) is 21.2. The number of aliphatic imine (C=N–C) groups is 1. The zero-order valence-electron chi connectivity index (χ0n) is 16.8. The van der Waals surface area contributed by atoms with E-state index in [4.69, 9.17) is 9.73 Å². The van der Waals surface area contributed by atoms with Crippen molar-refractivity contribution in [2.24, 2.45) is 12.0 Å². The van der Waals surface area contributed by atoms with Gasteiger partial charge in [-0.15, -0.1) is 0 Å². The van der Waals surface area contributed by atoms with Crippen molar-refractivity contribution in [1.29, 1.82) is 0 Å². The molecular weight excluding hydrogens is 356 g/mol. The van der Waals surface area contributed by atoms with E-state index in [0.29, 0.717) is 26.2 Å². The van der Waals surface area contributed by atoms with Crippen LogP contribution in [-0.2, 0) is 29.7 Å². The lowest BCUT2D eigenvalue weighted by Crippen LogP contribution is -2.55. The fourth-order valence-corrected chi connectivity index (χ4v) is 3.25. The molecule has 0 spiro atoms. The largest absolute Gasteiger partial charge is 0.380 e. The topological polar surface area (TPSA) is 75.0 Å². The van der Waals surface area contributed by atoms with E-state index in [9.17, 15) is 4.79 Å². The van der Waals surface area contributed by atoms with Crippen LogP contribution in [0.5, 0.6) is 0 Å². The number of nitrogens with one attached hydrogen (secondary N) is 1. The lowest BCUT2D eigenvalue weighted by Gasteiger charge is -2.35. The van der Waals surface area contributed by atoms with Crippen LogP contribution >= 0.6 is 0 Å². The van der Waals surface area contributed by atoms with Gasteiger partial charge in [-0.1, -0.05) is 24.3 Å². The summed E-state index contributed by atoms with van der Waals surface area (Å²) in [6.07, 6.45) is 3.58. The van der Waals surface area contributed by atoms with E-state index >= 15 is 0 Å². The summed E-state index contributed by atoms with van der Waals surface area (Å²) in [5.41, 5.74) is 3.08. The highest BCUT2D eigenvalue weighted by Gasteiger charge is 2.27. The number of rotatable bonds is 6. The number of methoxy groups -OCH3 is 1. The molecule has 1 aliphatic heterocycles. The molecule has 8 nitrogen and oxygen atoms in total. The molecule has 1 aromatic heterocycles. The second kappa shape index (κ2) is 9.36. The van der Waals surface area contributed by atoms with E-state index in [1.807, 2.05) is 37.2 Å². The first-order valence-electron chi connectivity index (χ1n) is 9.49. The van der Waals surface area contributed by atoms with Gasteiger partial charge in [0.1, 0.15) is 6.54 Å². The van der Waals surface area contributed by atoms with Gasteiger partial charge in [-0.3, -0.25) is 9.48 Å². The van der Waals surface area contributed by atoms with Crippen LogP contribution < -0.4 is 10.2 Å². The molecule has 0 aliphatic carbocycles. The van der Waals surface area contributed by atoms with Crippen molar-refractivity contribution in [2.45, 2.75) is 20.1 Å². The molecule has 1 amide bonds. The molecule has 2 heterocycles. The molecule has 8 heteroatoms. The van der Waals surface area contributed by atoms with Gasteiger partial charge in [0.05, 0.1) is 25.0 Å². The summed E-state index contributed by atoms with van der Waals surface area (Å²) in [6.45, 7) is 5.54. The van der Waals surface area contributed by atoms with Crippen molar-refractivity contribution in [3.05, 3.63) is 47.8 Å². The number of anilines is 1. The fraction of sp³-hybridized carbons (Fsp3) is 0.450. The molecule has 0 bridgehead atoms. The van der Waals surface area contributed by atoms with Gasteiger partial charge in [0.25, 0.3) is 0 Å². The maximum atomic E-state index is 12.7. The van der Waals surface area contributed by atoms with Crippen LogP contribution in [0.3, 0.4) is 0 Å². The first kappa shape index (κ1) is 19.9. The number of aromatic nitrogens is 2. The summed E-state index contributed by atoms with van der Waals surface area (Å²) < 4.78 is 6.90. The highest BCUT2D eigenvalue weighted by Crippen LogP contribution is 2.16. The van der Waals surface area contributed by atoms with Crippen molar-refractivity contribution < 1.29 is 9.53 Å². The third-order valence-corrected chi connectivity index (χ3v) is 4.57. The van der Waals surface area contributed by atoms with Gasteiger partial charge in [-0.2, -0.15) is 5.10 Å². The lowest BCUT2D eigenvalue weighted by molar-refractivity contribution is -0.120. The number of carbonyl (C=O) groups excluding carboxylic acids is 1. The zero-order chi connectivity index (χ0) is 19.9. The van der Waals surface area contributed by atoms with Crippen LogP contribution in [0.15, 0.2) is 41.7 Å². The Morgan fingerprint density at radius 3 is 2.82 bits per heavy atom. The van der Waals surface area contributed by atoms with Crippen LogP contribution in [0.4, 0.5) is 5.69 Å². The van der Waals surface area contributed by atoms with Gasteiger partial charge < -0.3 is 19.9 Å². The van der Waals surface area contributed by atoms with Gasteiger partial charge >= 0.3 is 0 Å². The minimum atomic E-state index is 0.0481. The number of ether oxygens (including phenoxy) is 1. The van der Waals surface area contributed by atoms with Gasteiger partial charge in [-0.25, -0.2) is 4.99 Å². The SMILES string of the molecule is CCNC(=NCc1cccc(COC)c1)N1CCN(c2cnn(C)c2)C(=O)C1. The first-order valence-corrected chi connectivity index (χ1v) is 9.49. The number of guanidine groups is 1. The number of benzene rings is 1. The highest BCUT2D eigenvalue weighted by molar-refractivity contribution is 5.98. The van der Waals surface area contributed by atoms with E-state index < -0.39 is 0 Å². The minimum absolute atomic E-state index is 0.0481. The molecule has 1 aliphatic rings. The Morgan fingerprint density at radius 1 is 1.32 bits per heavy atom. The van der Waals surface area contributed by atoms with Crippen molar-refractivity contribution in [3.63, 3.8) is 0 Å². The Kier molecular flexibility index (Phi) is 6.65. The van der Waals surface area contributed by atoms with Crippen molar-refractivity contribution in [3.8, 4) is 0 Å². The molecule has 1 fully saturated rings. The highest BCUT2D eigenvalue weighted by atomic mass is 16.5. The van der Waals surface area contributed by atoms with E-state index in [-0.39, 0.29) is 5.91 Å². The zero-order valence-corrected chi connectivity index (χ0v) is 16.8. The molecule has 0 saturated carbocycles. The molecule has 150 valence electrons.